The van der Waals surface area contributed by atoms with E-state index in [1.54, 1.807) is 74.4 Å². The molecular weight excluding hydrogens is 606 g/mol. The Balaban J connectivity index is 2.64. The van der Waals surface area contributed by atoms with E-state index in [4.69, 9.17) is 9.47 Å². The third-order valence-electron chi connectivity index (χ3n) is 6.54. The Labute approximate surface area is 278 Å². The van der Waals surface area contributed by atoms with Crippen LogP contribution in [0.5, 0.6) is 5.75 Å². The molecule has 0 aliphatic carbocycles. The van der Waals surface area contributed by atoms with Crippen molar-refractivity contribution in [3.8, 4) is 5.75 Å². The highest BCUT2D eigenvalue weighted by molar-refractivity contribution is 7.98. The minimum absolute atomic E-state index is 0.101. The zero-order chi connectivity index (χ0) is 34.9. The van der Waals surface area contributed by atoms with Gasteiger partial charge in [0.25, 0.3) is 0 Å². The summed E-state index contributed by atoms with van der Waals surface area (Å²) in [6, 6.07) is 11.9. The number of phenolic OH excluding ortho intramolecular Hbond substituents is 1. The van der Waals surface area contributed by atoms with E-state index in [-0.39, 0.29) is 18.6 Å². The maximum atomic E-state index is 14.5. The number of carbonyl (C=O) groups is 4. The summed E-state index contributed by atoms with van der Waals surface area (Å²) < 4.78 is 11.1. The van der Waals surface area contributed by atoms with Crippen LogP contribution < -0.4 is 10.6 Å². The molecule has 46 heavy (non-hydrogen) atoms. The molecule has 2 aromatic carbocycles. The Morgan fingerprint density at radius 3 is 1.96 bits per heavy atom. The van der Waals surface area contributed by atoms with Crippen LogP contribution >= 0.6 is 11.8 Å². The summed E-state index contributed by atoms with van der Waals surface area (Å²) in [6.45, 7) is 15.8. The number of hydrogen-bond acceptors (Lipinski definition) is 8. The first kappa shape index (κ1) is 38.5. The molecule has 10 nitrogen and oxygen atoms in total. The normalized spacial score (nSPS) is 14.0. The highest BCUT2D eigenvalue weighted by Crippen LogP contribution is 2.32. The lowest BCUT2D eigenvalue weighted by molar-refractivity contribution is -0.159. The first-order chi connectivity index (χ1) is 21.2. The number of thioether (sulfide) groups is 1. The fourth-order valence-electron chi connectivity index (χ4n) is 4.74. The molecule has 3 atom stereocenters. The third-order valence-corrected chi connectivity index (χ3v) is 7.19. The quantitative estimate of drug-likeness (QED) is 0.245. The van der Waals surface area contributed by atoms with Crippen molar-refractivity contribution in [3.05, 3.63) is 65.7 Å². The topological polar surface area (TPSA) is 134 Å². The maximum absolute atomic E-state index is 14.5. The van der Waals surface area contributed by atoms with E-state index in [1.165, 1.54) is 28.8 Å². The number of amides is 3. The molecule has 0 saturated carbocycles. The Kier molecular flexibility index (Phi) is 13.5. The third kappa shape index (κ3) is 12.6. The van der Waals surface area contributed by atoms with Crippen molar-refractivity contribution in [1.29, 1.82) is 0 Å². The van der Waals surface area contributed by atoms with Gasteiger partial charge in [-0.1, -0.05) is 42.5 Å². The van der Waals surface area contributed by atoms with E-state index in [0.29, 0.717) is 11.3 Å². The predicted molar refractivity (Wildman–Crippen MR) is 182 cm³/mol. The summed E-state index contributed by atoms with van der Waals surface area (Å²) in [5.41, 5.74) is -1.44. The number of ether oxygens (including phenoxy) is 2. The SMILES string of the molecule is CSCCC(NC(=O)OC(C)(C)C)C(=O)N(C(C(=O)NC(Cc1ccccc1)C(=O)OC(C)(C)C)c1cccc(O)c1)C(C)(C)C. The van der Waals surface area contributed by atoms with Gasteiger partial charge in [-0.25, -0.2) is 9.59 Å². The van der Waals surface area contributed by atoms with Crippen molar-refractivity contribution >= 4 is 35.6 Å². The summed E-state index contributed by atoms with van der Waals surface area (Å²) in [7, 11) is 0. The van der Waals surface area contributed by atoms with Gasteiger partial charge in [0.1, 0.15) is 35.1 Å². The predicted octanol–water partition coefficient (Wildman–Crippen LogP) is 5.78. The summed E-state index contributed by atoms with van der Waals surface area (Å²) in [6.07, 6.45) is 1.55. The van der Waals surface area contributed by atoms with Crippen LogP contribution in [-0.4, -0.2) is 74.7 Å². The molecule has 0 aliphatic rings. The number of rotatable bonds is 12. The smallest absolute Gasteiger partial charge is 0.408 e. The lowest BCUT2D eigenvalue weighted by atomic mass is 9.94. The molecule has 11 heteroatoms. The summed E-state index contributed by atoms with van der Waals surface area (Å²) in [5, 5.41) is 16.0. The Morgan fingerprint density at radius 2 is 1.43 bits per heavy atom. The van der Waals surface area contributed by atoms with Crippen LogP contribution in [0.25, 0.3) is 0 Å². The van der Waals surface area contributed by atoms with Crippen LogP contribution in [0, 0.1) is 0 Å². The molecule has 0 heterocycles. The van der Waals surface area contributed by atoms with Gasteiger partial charge < -0.3 is 30.1 Å². The monoisotopic (exact) mass is 657 g/mol. The molecule has 0 radical (unpaired) electrons. The van der Waals surface area contributed by atoms with Gasteiger partial charge in [0.05, 0.1) is 0 Å². The Hall–Kier alpha value is -3.73. The molecule has 3 N–H and O–H groups in total. The average Bonchev–Trinajstić information content (AvgIpc) is 2.91. The minimum atomic E-state index is -1.29. The second kappa shape index (κ2) is 16.2. The van der Waals surface area contributed by atoms with E-state index in [2.05, 4.69) is 10.6 Å². The number of esters is 1. The maximum Gasteiger partial charge on any atom is 0.408 e. The van der Waals surface area contributed by atoms with Gasteiger partial charge in [-0.05, 0) is 104 Å². The minimum Gasteiger partial charge on any atom is -0.508 e. The zero-order valence-corrected chi connectivity index (χ0v) is 29.6. The van der Waals surface area contributed by atoms with Crippen molar-refractivity contribution in [2.75, 3.05) is 12.0 Å². The summed E-state index contributed by atoms with van der Waals surface area (Å²) in [4.78, 5) is 56.7. The van der Waals surface area contributed by atoms with Gasteiger partial charge in [-0.2, -0.15) is 11.8 Å². The van der Waals surface area contributed by atoms with Gasteiger partial charge in [0.15, 0.2) is 0 Å². The van der Waals surface area contributed by atoms with Gasteiger partial charge >= 0.3 is 12.1 Å². The lowest BCUT2D eigenvalue weighted by Crippen LogP contribution is -2.59. The van der Waals surface area contributed by atoms with Crippen LogP contribution in [0.3, 0.4) is 0 Å². The van der Waals surface area contributed by atoms with Crippen molar-refractivity contribution in [2.24, 2.45) is 0 Å². The number of aromatic hydroxyl groups is 1. The van der Waals surface area contributed by atoms with Crippen molar-refractivity contribution in [3.63, 3.8) is 0 Å². The van der Waals surface area contributed by atoms with Crippen molar-refractivity contribution < 1.29 is 33.8 Å². The van der Waals surface area contributed by atoms with Crippen molar-refractivity contribution in [2.45, 2.75) is 110 Å². The zero-order valence-electron chi connectivity index (χ0n) is 28.8. The molecule has 0 aromatic heterocycles. The van der Waals surface area contributed by atoms with Gasteiger partial charge in [-0.15, -0.1) is 0 Å². The molecule has 0 bridgehead atoms. The molecule has 3 unspecified atom stereocenters. The molecular formula is C35H51N3O7S. The molecule has 0 aliphatic heterocycles. The number of alkyl carbamates (subject to hydrolysis) is 1. The molecule has 0 saturated heterocycles. The first-order valence-electron chi connectivity index (χ1n) is 15.4. The van der Waals surface area contributed by atoms with E-state index in [9.17, 15) is 24.3 Å². The second-order valence-electron chi connectivity index (χ2n) is 14.1. The fourth-order valence-corrected chi connectivity index (χ4v) is 5.21. The fraction of sp³-hybridized carbons (Fsp3) is 0.543. The second-order valence-corrected chi connectivity index (χ2v) is 15.1. The highest BCUT2D eigenvalue weighted by Gasteiger charge is 2.43. The number of nitrogens with zero attached hydrogens (tertiary/aromatic N) is 1. The van der Waals surface area contributed by atoms with Gasteiger partial charge in [0, 0.05) is 12.0 Å². The van der Waals surface area contributed by atoms with Gasteiger partial charge in [0.2, 0.25) is 11.8 Å². The first-order valence-corrected chi connectivity index (χ1v) is 16.8. The van der Waals surface area contributed by atoms with Crippen LogP contribution in [0.4, 0.5) is 4.79 Å². The van der Waals surface area contributed by atoms with E-state index >= 15 is 0 Å². The standard InChI is InChI=1S/C35H51N3O7S/c1-33(2,3)38(30(41)26(19-20-46-10)37-32(43)45-35(7,8)9)28(24-17-14-18-25(39)22-24)29(40)36-27(31(42)44-34(4,5)6)21-23-15-12-11-13-16-23/h11-18,22,26-28,39H,19-21H2,1-10H3,(H,36,40)(H,37,43). The van der Waals surface area contributed by atoms with E-state index in [1.807, 2.05) is 36.6 Å². The molecule has 0 spiro atoms. The van der Waals surface area contributed by atoms with Crippen molar-refractivity contribution in [1.82, 2.24) is 15.5 Å². The molecule has 2 aromatic rings. The van der Waals surface area contributed by atoms with Crippen LogP contribution in [0.1, 0.15) is 85.9 Å². The van der Waals surface area contributed by atoms with Gasteiger partial charge in [-0.3, -0.25) is 9.59 Å². The highest BCUT2D eigenvalue weighted by atomic mass is 32.2. The Bertz CT molecular complexity index is 1330. The number of benzene rings is 2. The lowest BCUT2D eigenvalue weighted by Gasteiger charge is -2.43. The number of hydrogen-bond donors (Lipinski definition) is 3. The molecule has 254 valence electrons. The summed E-state index contributed by atoms with van der Waals surface area (Å²) >= 11 is 1.51. The average molecular weight is 658 g/mol. The summed E-state index contributed by atoms with van der Waals surface area (Å²) in [5.74, 6) is -1.35. The van der Waals surface area contributed by atoms with E-state index < -0.39 is 58.7 Å². The molecule has 3 amide bonds. The molecule has 0 fully saturated rings. The van der Waals surface area contributed by atoms with Crippen LogP contribution in [-0.2, 0) is 30.3 Å². The number of nitrogens with one attached hydrogen (secondary N) is 2. The number of carbonyl (C=O) groups excluding carboxylic acids is 4. The van der Waals surface area contributed by atoms with E-state index in [0.717, 1.165) is 5.56 Å². The Morgan fingerprint density at radius 1 is 0.826 bits per heavy atom. The largest absolute Gasteiger partial charge is 0.508 e. The number of phenols is 1. The van der Waals surface area contributed by atoms with Crippen LogP contribution in [0.2, 0.25) is 0 Å². The molecule has 2 rings (SSSR count). The van der Waals surface area contributed by atoms with Crippen LogP contribution in [0.15, 0.2) is 54.6 Å².